The van der Waals surface area contributed by atoms with Crippen LogP contribution in [0.4, 0.5) is 0 Å². The highest BCUT2D eigenvalue weighted by atomic mass is 32.2. The first-order valence-corrected chi connectivity index (χ1v) is 11.4. The van der Waals surface area contributed by atoms with Crippen molar-refractivity contribution in [1.29, 1.82) is 0 Å². The van der Waals surface area contributed by atoms with Crippen LogP contribution in [0.25, 0.3) is 0 Å². The normalized spacial score (nSPS) is 18.3. The number of nitrogens with zero attached hydrogens (tertiary/aromatic N) is 2. The molecular weight excluding hydrogens is 382 g/mol. The summed E-state index contributed by atoms with van der Waals surface area (Å²) in [7, 11) is -3.73. The van der Waals surface area contributed by atoms with E-state index in [-0.39, 0.29) is 21.9 Å². The summed E-state index contributed by atoms with van der Waals surface area (Å²) in [5.74, 6) is 0.435. The average molecular weight is 406 g/mol. The summed E-state index contributed by atoms with van der Waals surface area (Å²) < 4.78 is 27.4. The zero-order valence-corrected chi connectivity index (χ0v) is 17.0. The average Bonchev–Trinajstić information content (AvgIpc) is 3.23. The van der Waals surface area contributed by atoms with Gasteiger partial charge in [0, 0.05) is 30.6 Å². The van der Waals surface area contributed by atoms with Gasteiger partial charge in [-0.3, -0.25) is 9.59 Å². The molecule has 1 N–H and O–H groups in total. The maximum atomic E-state index is 13.0. The monoisotopic (exact) mass is 405 g/mol. The lowest BCUT2D eigenvalue weighted by molar-refractivity contribution is -0.133. The largest absolute Gasteiger partial charge is 0.351 e. The maximum Gasteiger partial charge on any atom is 0.254 e. The molecule has 1 aliphatic heterocycles. The zero-order valence-electron chi connectivity index (χ0n) is 14.5. The van der Waals surface area contributed by atoms with Crippen molar-refractivity contribution >= 4 is 44.9 Å². The van der Waals surface area contributed by atoms with Gasteiger partial charge in [-0.05, 0) is 26.0 Å². The fourth-order valence-corrected chi connectivity index (χ4v) is 7.08. The van der Waals surface area contributed by atoms with E-state index in [2.05, 4.69) is 5.32 Å². The van der Waals surface area contributed by atoms with Crippen molar-refractivity contribution < 1.29 is 18.0 Å². The Labute approximate surface area is 156 Å². The Kier molecular flexibility index (Phi) is 6.89. The Hall–Kier alpha value is -1.10. The molecule has 25 heavy (non-hydrogen) atoms. The van der Waals surface area contributed by atoms with E-state index in [0.29, 0.717) is 25.4 Å². The van der Waals surface area contributed by atoms with Crippen LogP contribution in [0, 0.1) is 0 Å². The highest BCUT2D eigenvalue weighted by Crippen LogP contribution is 2.32. The van der Waals surface area contributed by atoms with Crippen LogP contribution in [0.15, 0.2) is 16.3 Å². The van der Waals surface area contributed by atoms with Gasteiger partial charge in [0.15, 0.2) is 0 Å². The number of hydrogen-bond donors (Lipinski definition) is 1. The molecule has 2 amide bonds. The molecule has 7 nitrogen and oxygen atoms in total. The van der Waals surface area contributed by atoms with Crippen molar-refractivity contribution in [3.8, 4) is 0 Å². The molecule has 0 bridgehead atoms. The Morgan fingerprint density at radius 3 is 2.60 bits per heavy atom. The second-order valence-corrected chi connectivity index (χ2v) is 9.83. The minimum Gasteiger partial charge on any atom is -0.351 e. The molecule has 0 saturated carbocycles. The number of amides is 2. The quantitative estimate of drug-likeness (QED) is 0.739. The fraction of sp³-hybridized carbons (Fsp3) is 0.600. The molecule has 2 rings (SSSR count). The number of thioether (sulfide) groups is 1. The van der Waals surface area contributed by atoms with Crippen molar-refractivity contribution in [3.05, 3.63) is 17.0 Å². The molecule has 1 aromatic heterocycles. The number of carbonyl (C=O) groups excluding carboxylic acids is 2. The lowest BCUT2D eigenvalue weighted by Crippen LogP contribution is -2.48. The van der Waals surface area contributed by atoms with Crippen LogP contribution in [-0.4, -0.2) is 60.2 Å². The Balaban J connectivity index is 2.20. The van der Waals surface area contributed by atoms with Gasteiger partial charge in [0.1, 0.15) is 10.3 Å². The van der Waals surface area contributed by atoms with E-state index in [1.165, 1.54) is 23.0 Å². The fourth-order valence-electron chi connectivity index (χ4n) is 2.52. The molecule has 1 fully saturated rings. The molecule has 1 saturated heterocycles. The highest BCUT2D eigenvalue weighted by molar-refractivity contribution is 8.01. The molecule has 1 aliphatic rings. The van der Waals surface area contributed by atoms with Gasteiger partial charge >= 0.3 is 0 Å². The van der Waals surface area contributed by atoms with E-state index < -0.39 is 16.1 Å². The van der Waals surface area contributed by atoms with Gasteiger partial charge in [0.25, 0.3) is 10.0 Å². The van der Waals surface area contributed by atoms with Crippen molar-refractivity contribution in [2.75, 3.05) is 24.7 Å². The zero-order chi connectivity index (χ0) is 18.6. The third-order valence-corrected chi connectivity index (χ3v) is 8.50. The number of sulfonamides is 1. The van der Waals surface area contributed by atoms with Crippen LogP contribution in [-0.2, 0) is 26.2 Å². The summed E-state index contributed by atoms with van der Waals surface area (Å²) in [6.07, 6.45) is 0. The highest BCUT2D eigenvalue weighted by Gasteiger charge is 2.41. The Morgan fingerprint density at radius 1 is 1.32 bits per heavy atom. The van der Waals surface area contributed by atoms with E-state index in [4.69, 9.17) is 0 Å². The number of thiophene rings is 1. The van der Waals surface area contributed by atoms with Crippen LogP contribution in [0.5, 0.6) is 0 Å². The minimum absolute atomic E-state index is 0.145. The van der Waals surface area contributed by atoms with Gasteiger partial charge in [0.2, 0.25) is 11.8 Å². The Bertz CT molecular complexity index is 728. The first-order chi connectivity index (χ1) is 11.8. The van der Waals surface area contributed by atoms with Crippen molar-refractivity contribution in [2.45, 2.75) is 37.6 Å². The Morgan fingerprint density at radius 2 is 2.00 bits per heavy atom. The molecule has 1 atom stereocenters. The summed E-state index contributed by atoms with van der Waals surface area (Å²) in [5, 5.41) is 2.65. The predicted molar refractivity (Wildman–Crippen MR) is 99.9 cm³/mol. The molecule has 2 heterocycles. The van der Waals surface area contributed by atoms with E-state index in [1.54, 1.807) is 17.0 Å². The van der Waals surface area contributed by atoms with Crippen LogP contribution in [0.2, 0.25) is 0 Å². The second-order valence-electron chi connectivity index (χ2n) is 5.55. The van der Waals surface area contributed by atoms with E-state index in [0.717, 1.165) is 16.2 Å². The number of nitrogens with one attached hydrogen (secondary N) is 1. The summed E-state index contributed by atoms with van der Waals surface area (Å²) in [6.45, 7) is 6.60. The third-order valence-electron chi connectivity index (χ3n) is 3.91. The second kappa shape index (κ2) is 8.52. The van der Waals surface area contributed by atoms with E-state index in [1.807, 2.05) is 13.8 Å². The lowest BCUT2D eigenvalue weighted by Gasteiger charge is -2.27. The number of carbonyl (C=O) groups is 2. The molecule has 0 aromatic carbocycles. The van der Waals surface area contributed by atoms with Crippen LogP contribution in [0.3, 0.4) is 0 Å². The van der Waals surface area contributed by atoms with Gasteiger partial charge in [0.05, 0.1) is 12.4 Å². The molecule has 1 aromatic rings. The topological polar surface area (TPSA) is 86.8 Å². The molecule has 0 spiro atoms. The number of likely N-dealkylation sites (N-methyl/N-ethyl adjacent to an activating group) is 1. The molecule has 0 aliphatic carbocycles. The van der Waals surface area contributed by atoms with Crippen LogP contribution < -0.4 is 5.32 Å². The van der Waals surface area contributed by atoms with Crippen molar-refractivity contribution in [3.63, 3.8) is 0 Å². The smallest absolute Gasteiger partial charge is 0.254 e. The summed E-state index contributed by atoms with van der Waals surface area (Å²) >= 11 is 2.57. The first-order valence-electron chi connectivity index (χ1n) is 8.02. The predicted octanol–water partition coefficient (Wildman–Crippen LogP) is 1.32. The van der Waals surface area contributed by atoms with Gasteiger partial charge < -0.3 is 10.2 Å². The summed E-state index contributed by atoms with van der Waals surface area (Å²) in [6, 6.07) is 2.58. The first kappa shape index (κ1) is 20.2. The van der Waals surface area contributed by atoms with Crippen LogP contribution in [0.1, 0.15) is 25.6 Å². The van der Waals surface area contributed by atoms with E-state index in [9.17, 15) is 18.0 Å². The standard InChI is InChI=1S/C15H23N3O4S3/c1-4-17(5-2)15(20)13-9-23-10-18(13)25(21,22)14-7-6-12(24-14)8-16-11(3)19/h6-7,13H,4-5,8-10H2,1-3H3,(H,16,19). The maximum absolute atomic E-state index is 13.0. The van der Waals surface area contributed by atoms with Gasteiger partial charge in [-0.2, -0.15) is 4.31 Å². The van der Waals surface area contributed by atoms with Crippen molar-refractivity contribution in [1.82, 2.24) is 14.5 Å². The van der Waals surface area contributed by atoms with Gasteiger partial charge in [-0.1, -0.05) is 0 Å². The molecular formula is C15H23N3O4S3. The molecule has 0 radical (unpaired) electrons. The lowest BCUT2D eigenvalue weighted by atomic mass is 10.3. The number of rotatable bonds is 7. The van der Waals surface area contributed by atoms with Gasteiger partial charge in [-0.25, -0.2) is 8.42 Å². The minimum atomic E-state index is -3.73. The SMILES string of the molecule is CCN(CC)C(=O)C1CSCN1S(=O)(=O)c1ccc(CNC(C)=O)s1. The van der Waals surface area contributed by atoms with Gasteiger partial charge in [-0.15, -0.1) is 23.1 Å². The summed E-state index contributed by atoms with van der Waals surface area (Å²) in [5.41, 5.74) is 0. The van der Waals surface area contributed by atoms with Crippen molar-refractivity contribution in [2.24, 2.45) is 0 Å². The van der Waals surface area contributed by atoms with E-state index >= 15 is 0 Å². The summed E-state index contributed by atoms with van der Waals surface area (Å²) in [4.78, 5) is 26.1. The molecule has 10 heteroatoms. The molecule has 140 valence electrons. The third kappa shape index (κ3) is 4.55. The number of hydrogen-bond acceptors (Lipinski definition) is 6. The van der Waals surface area contributed by atoms with Crippen LogP contribution >= 0.6 is 23.1 Å². The molecule has 1 unspecified atom stereocenters.